The maximum absolute atomic E-state index is 12.2. The predicted octanol–water partition coefficient (Wildman–Crippen LogP) is 4.72. The van der Waals surface area contributed by atoms with Crippen LogP contribution in [0.1, 0.15) is 34.8 Å². The van der Waals surface area contributed by atoms with Gasteiger partial charge in [0.2, 0.25) is 0 Å². The summed E-state index contributed by atoms with van der Waals surface area (Å²) in [5.41, 5.74) is 2.99. The molecule has 0 amide bonds. The minimum absolute atomic E-state index is 0.176. The van der Waals surface area contributed by atoms with E-state index in [0.29, 0.717) is 6.42 Å². The van der Waals surface area contributed by atoms with Crippen molar-refractivity contribution < 1.29 is 4.79 Å². The highest BCUT2D eigenvalue weighted by Crippen LogP contribution is 2.19. The fraction of sp³-hybridized carbons (Fsp3) is 0.235. The lowest BCUT2D eigenvalue weighted by Crippen LogP contribution is -2.02. The number of carbonyl (C=O) groups is 1. The van der Waals surface area contributed by atoms with Crippen LogP contribution in [0.5, 0.6) is 0 Å². The van der Waals surface area contributed by atoms with Gasteiger partial charge in [-0.15, -0.1) is 0 Å². The van der Waals surface area contributed by atoms with Gasteiger partial charge in [0.15, 0.2) is 5.78 Å². The molecule has 0 aliphatic carbocycles. The fourth-order valence-electron chi connectivity index (χ4n) is 2.07. The number of ketones is 1. The van der Waals surface area contributed by atoms with Crippen LogP contribution < -0.4 is 0 Å². The van der Waals surface area contributed by atoms with Crippen molar-refractivity contribution in [2.75, 3.05) is 0 Å². The molecule has 2 heteroatoms. The van der Waals surface area contributed by atoms with Gasteiger partial charge in [0, 0.05) is 17.0 Å². The molecule has 0 atom stereocenters. The highest BCUT2D eigenvalue weighted by atomic mass is 35.5. The molecule has 0 saturated carbocycles. The molecule has 1 nitrogen and oxygen atoms in total. The Morgan fingerprint density at radius 3 is 2.53 bits per heavy atom. The third kappa shape index (κ3) is 3.68. The number of halogens is 1. The molecule has 2 aromatic carbocycles. The third-order valence-corrected chi connectivity index (χ3v) is 3.60. The summed E-state index contributed by atoms with van der Waals surface area (Å²) in [7, 11) is 0. The summed E-state index contributed by atoms with van der Waals surface area (Å²) in [4.78, 5) is 12.2. The second-order valence-electron chi connectivity index (χ2n) is 4.57. The van der Waals surface area contributed by atoms with Gasteiger partial charge in [-0.3, -0.25) is 4.79 Å². The van der Waals surface area contributed by atoms with Crippen LogP contribution in [0, 0.1) is 0 Å². The zero-order chi connectivity index (χ0) is 13.7. The third-order valence-electron chi connectivity index (χ3n) is 3.23. The quantitative estimate of drug-likeness (QED) is 0.720. The molecule has 0 aliphatic heterocycles. The standard InChI is InChI=1S/C17H17ClO/c1-2-14-12-15(9-10-16(14)18)17(19)11-8-13-6-4-3-5-7-13/h3-7,9-10,12H,2,8,11H2,1H3. The largest absolute Gasteiger partial charge is 0.294 e. The molecule has 98 valence electrons. The van der Waals surface area contributed by atoms with Gasteiger partial charge in [0.1, 0.15) is 0 Å². The number of Topliss-reactive ketones (excluding diaryl/α,β-unsaturated/α-hetero) is 1. The Morgan fingerprint density at radius 2 is 1.84 bits per heavy atom. The number of aryl methyl sites for hydroxylation is 2. The topological polar surface area (TPSA) is 17.1 Å². The Hall–Kier alpha value is -1.60. The van der Waals surface area contributed by atoms with Crippen LogP contribution in [0.15, 0.2) is 48.5 Å². The average Bonchev–Trinajstić information content (AvgIpc) is 2.46. The van der Waals surface area contributed by atoms with Gasteiger partial charge < -0.3 is 0 Å². The van der Waals surface area contributed by atoms with Crippen molar-refractivity contribution >= 4 is 17.4 Å². The zero-order valence-corrected chi connectivity index (χ0v) is 11.8. The Bertz CT molecular complexity index is 561. The first-order valence-electron chi connectivity index (χ1n) is 6.56. The van der Waals surface area contributed by atoms with Gasteiger partial charge >= 0.3 is 0 Å². The lowest BCUT2D eigenvalue weighted by atomic mass is 10.0. The lowest BCUT2D eigenvalue weighted by Gasteiger charge is -2.05. The molecule has 0 saturated heterocycles. The average molecular weight is 273 g/mol. The highest BCUT2D eigenvalue weighted by molar-refractivity contribution is 6.31. The summed E-state index contributed by atoms with van der Waals surface area (Å²) in [6, 6.07) is 15.6. The van der Waals surface area contributed by atoms with Crippen molar-refractivity contribution in [1.82, 2.24) is 0 Å². The van der Waals surface area contributed by atoms with Crippen molar-refractivity contribution in [2.24, 2.45) is 0 Å². The van der Waals surface area contributed by atoms with E-state index in [1.165, 1.54) is 5.56 Å². The van der Waals surface area contributed by atoms with Crippen molar-refractivity contribution in [1.29, 1.82) is 0 Å². The van der Waals surface area contributed by atoms with Gasteiger partial charge in [-0.1, -0.05) is 48.9 Å². The molecule has 0 unspecified atom stereocenters. The first-order chi connectivity index (χ1) is 9.20. The number of carbonyl (C=O) groups excluding carboxylic acids is 1. The molecule has 2 rings (SSSR count). The summed E-state index contributed by atoms with van der Waals surface area (Å²) in [5, 5.41) is 0.738. The van der Waals surface area contributed by atoms with Gasteiger partial charge in [0.25, 0.3) is 0 Å². The summed E-state index contributed by atoms with van der Waals surface area (Å²) < 4.78 is 0. The molecule has 2 aromatic rings. The van der Waals surface area contributed by atoms with E-state index < -0.39 is 0 Å². The van der Waals surface area contributed by atoms with E-state index in [-0.39, 0.29) is 5.78 Å². The molecular formula is C17H17ClO. The van der Waals surface area contributed by atoms with Crippen LogP contribution in [0.25, 0.3) is 0 Å². The summed E-state index contributed by atoms with van der Waals surface area (Å²) in [6.45, 7) is 2.04. The van der Waals surface area contributed by atoms with Crippen LogP contribution in [0.2, 0.25) is 5.02 Å². The predicted molar refractivity (Wildman–Crippen MR) is 79.9 cm³/mol. The molecule has 0 N–H and O–H groups in total. The van der Waals surface area contributed by atoms with E-state index in [4.69, 9.17) is 11.6 Å². The Morgan fingerprint density at radius 1 is 1.11 bits per heavy atom. The Balaban J connectivity index is 2.04. The van der Waals surface area contributed by atoms with Gasteiger partial charge in [0.05, 0.1) is 0 Å². The van der Waals surface area contributed by atoms with E-state index in [9.17, 15) is 4.79 Å². The summed E-state index contributed by atoms with van der Waals surface area (Å²) in [5.74, 6) is 0.176. The van der Waals surface area contributed by atoms with Crippen molar-refractivity contribution in [3.05, 3.63) is 70.2 Å². The molecule has 0 radical (unpaired) electrons. The molecule has 0 aromatic heterocycles. The first-order valence-corrected chi connectivity index (χ1v) is 6.94. The number of rotatable bonds is 5. The number of hydrogen-bond acceptors (Lipinski definition) is 1. The van der Waals surface area contributed by atoms with Crippen LogP contribution in [0.4, 0.5) is 0 Å². The maximum Gasteiger partial charge on any atom is 0.163 e. The van der Waals surface area contributed by atoms with Crippen LogP contribution >= 0.6 is 11.6 Å². The van der Waals surface area contributed by atoms with E-state index >= 15 is 0 Å². The SMILES string of the molecule is CCc1cc(C(=O)CCc2ccccc2)ccc1Cl. The van der Waals surface area contributed by atoms with Crippen LogP contribution in [0.3, 0.4) is 0 Å². The van der Waals surface area contributed by atoms with E-state index in [2.05, 4.69) is 0 Å². The molecule has 0 spiro atoms. The van der Waals surface area contributed by atoms with E-state index in [1.807, 2.05) is 55.5 Å². The van der Waals surface area contributed by atoms with Crippen LogP contribution in [-0.2, 0) is 12.8 Å². The molecular weight excluding hydrogens is 256 g/mol. The van der Waals surface area contributed by atoms with Gasteiger partial charge in [-0.2, -0.15) is 0 Å². The maximum atomic E-state index is 12.2. The number of hydrogen-bond donors (Lipinski definition) is 0. The minimum atomic E-state index is 0.176. The molecule has 19 heavy (non-hydrogen) atoms. The molecule has 0 bridgehead atoms. The van der Waals surface area contributed by atoms with E-state index in [1.54, 1.807) is 0 Å². The summed E-state index contributed by atoms with van der Waals surface area (Å²) in [6.07, 6.45) is 2.16. The van der Waals surface area contributed by atoms with E-state index in [0.717, 1.165) is 29.0 Å². The normalized spacial score (nSPS) is 10.4. The van der Waals surface area contributed by atoms with Crippen molar-refractivity contribution in [3.8, 4) is 0 Å². The second-order valence-corrected chi connectivity index (χ2v) is 4.98. The minimum Gasteiger partial charge on any atom is -0.294 e. The van der Waals surface area contributed by atoms with Crippen LogP contribution in [-0.4, -0.2) is 5.78 Å². The fourth-order valence-corrected chi connectivity index (χ4v) is 2.32. The Kier molecular flexibility index (Phi) is 4.75. The van der Waals surface area contributed by atoms with Crippen molar-refractivity contribution in [3.63, 3.8) is 0 Å². The second kappa shape index (κ2) is 6.53. The number of benzene rings is 2. The molecule has 0 heterocycles. The van der Waals surface area contributed by atoms with Crippen molar-refractivity contribution in [2.45, 2.75) is 26.2 Å². The zero-order valence-electron chi connectivity index (χ0n) is 11.0. The lowest BCUT2D eigenvalue weighted by molar-refractivity contribution is 0.0983. The van der Waals surface area contributed by atoms with Gasteiger partial charge in [-0.25, -0.2) is 0 Å². The Labute approximate surface area is 119 Å². The molecule has 0 fully saturated rings. The summed E-state index contributed by atoms with van der Waals surface area (Å²) >= 11 is 6.06. The smallest absolute Gasteiger partial charge is 0.163 e. The first kappa shape index (κ1) is 13.8. The van der Waals surface area contributed by atoms with Gasteiger partial charge in [-0.05, 0) is 42.2 Å². The highest BCUT2D eigenvalue weighted by Gasteiger charge is 2.08. The molecule has 0 aliphatic rings. The monoisotopic (exact) mass is 272 g/mol.